The number of imidazole rings is 1. The van der Waals surface area contributed by atoms with Gasteiger partial charge < -0.3 is 14.6 Å². The molecule has 0 unspecified atom stereocenters. The lowest BCUT2D eigenvalue weighted by Gasteiger charge is -2.11. The van der Waals surface area contributed by atoms with Crippen LogP contribution in [0.5, 0.6) is 0 Å². The third-order valence-electron chi connectivity index (χ3n) is 3.47. The van der Waals surface area contributed by atoms with E-state index in [4.69, 9.17) is 16.3 Å². The zero-order chi connectivity index (χ0) is 16.9. The van der Waals surface area contributed by atoms with Gasteiger partial charge in [-0.3, -0.25) is 4.79 Å². The summed E-state index contributed by atoms with van der Waals surface area (Å²) >= 11 is 5.58. The molecule has 0 bridgehead atoms. The summed E-state index contributed by atoms with van der Waals surface area (Å²) in [4.78, 5) is 25.0. The number of fused-ring (bicyclic) bond motifs is 1. The molecule has 3 rings (SSSR count). The first-order chi connectivity index (χ1) is 11.7. The van der Waals surface area contributed by atoms with Crippen molar-refractivity contribution in [3.05, 3.63) is 48.5 Å². The Labute approximate surface area is 143 Å². The summed E-state index contributed by atoms with van der Waals surface area (Å²) in [5.41, 5.74) is 1.70. The molecule has 1 amide bonds. The molecule has 0 saturated heterocycles. The molecule has 2 aromatic heterocycles. The first kappa shape index (κ1) is 16.4. The van der Waals surface area contributed by atoms with E-state index in [-0.39, 0.29) is 18.1 Å². The van der Waals surface area contributed by atoms with E-state index < -0.39 is 0 Å². The van der Waals surface area contributed by atoms with Crippen LogP contribution >= 0.6 is 11.6 Å². The Kier molecular flexibility index (Phi) is 5.02. The van der Waals surface area contributed by atoms with E-state index in [1.54, 1.807) is 30.6 Å². The summed E-state index contributed by atoms with van der Waals surface area (Å²) in [6.45, 7) is 2.46. The Morgan fingerprint density at radius 3 is 2.83 bits per heavy atom. The van der Waals surface area contributed by atoms with Crippen LogP contribution in [0.15, 0.2) is 43.0 Å². The zero-order valence-corrected chi connectivity index (χ0v) is 13.8. The molecule has 0 spiro atoms. The maximum Gasteiger partial charge on any atom is 0.256 e. The van der Waals surface area contributed by atoms with Gasteiger partial charge in [0, 0.05) is 5.56 Å². The lowest BCUT2D eigenvalue weighted by Crippen LogP contribution is -2.16. The molecule has 0 aliphatic heterocycles. The fourth-order valence-electron chi connectivity index (χ4n) is 2.31. The number of carbonyl (C=O) groups excluding carboxylic acids is 1. The van der Waals surface area contributed by atoms with Crippen molar-refractivity contribution in [3.63, 3.8) is 0 Å². The van der Waals surface area contributed by atoms with Gasteiger partial charge in [-0.25, -0.2) is 15.0 Å². The fourth-order valence-corrected chi connectivity index (χ4v) is 2.53. The van der Waals surface area contributed by atoms with E-state index in [1.165, 1.54) is 6.33 Å². The second-order valence-electron chi connectivity index (χ2n) is 5.20. The predicted octanol–water partition coefficient (Wildman–Crippen LogP) is 2.68. The smallest absolute Gasteiger partial charge is 0.256 e. The number of nitrogens with one attached hydrogen (secondary N) is 1. The fraction of sp³-hybridized carbons (Fsp3) is 0.250. The third-order valence-corrected chi connectivity index (χ3v) is 3.60. The molecule has 3 aromatic rings. The summed E-state index contributed by atoms with van der Waals surface area (Å²) in [7, 11) is 0. The van der Waals surface area contributed by atoms with Gasteiger partial charge in [0.15, 0.2) is 17.0 Å². The molecule has 2 heterocycles. The molecule has 8 heteroatoms. The SMILES string of the molecule is C[C@H](Cn1cnc2c(NC(=O)c3ccccc3)ncnc21)OCCl. The topological polar surface area (TPSA) is 81.9 Å². The standard InChI is InChI=1S/C16H16ClN5O2/c1-11(24-8-17)7-22-10-20-13-14(18-9-19-15(13)22)21-16(23)12-5-3-2-4-6-12/h2-6,9-11H,7-8H2,1H3,(H,18,19,21,23)/t11-/m1/s1. The number of alkyl halides is 1. The molecule has 1 aromatic carbocycles. The minimum atomic E-state index is -0.246. The summed E-state index contributed by atoms with van der Waals surface area (Å²) in [5, 5.41) is 2.77. The number of ether oxygens (including phenoxy) is 1. The van der Waals surface area contributed by atoms with Crippen molar-refractivity contribution < 1.29 is 9.53 Å². The highest BCUT2D eigenvalue weighted by atomic mass is 35.5. The van der Waals surface area contributed by atoms with Crippen molar-refractivity contribution in [2.75, 3.05) is 11.4 Å². The Bertz CT molecular complexity index is 837. The quantitative estimate of drug-likeness (QED) is 0.694. The molecule has 7 nitrogen and oxygen atoms in total. The normalized spacial score (nSPS) is 12.2. The third kappa shape index (κ3) is 3.52. The van der Waals surface area contributed by atoms with E-state index >= 15 is 0 Å². The van der Waals surface area contributed by atoms with Gasteiger partial charge >= 0.3 is 0 Å². The highest BCUT2D eigenvalue weighted by Gasteiger charge is 2.14. The monoisotopic (exact) mass is 345 g/mol. The van der Waals surface area contributed by atoms with Crippen LogP contribution in [0.4, 0.5) is 5.82 Å². The van der Waals surface area contributed by atoms with E-state index in [0.717, 1.165) is 0 Å². The highest BCUT2D eigenvalue weighted by molar-refractivity contribution is 6.17. The number of halogens is 1. The van der Waals surface area contributed by atoms with Crippen molar-refractivity contribution in [2.45, 2.75) is 19.6 Å². The number of nitrogens with zero attached hydrogens (tertiary/aromatic N) is 4. The largest absolute Gasteiger partial charge is 0.361 e. The second kappa shape index (κ2) is 7.37. The van der Waals surface area contributed by atoms with Gasteiger partial charge in [0.25, 0.3) is 5.91 Å². The van der Waals surface area contributed by atoms with Gasteiger partial charge in [0.1, 0.15) is 12.4 Å². The molecule has 1 N–H and O–H groups in total. The zero-order valence-electron chi connectivity index (χ0n) is 13.0. The number of carbonyl (C=O) groups is 1. The van der Waals surface area contributed by atoms with Crippen LogP contribution in [0.25, 0.3) is 11.2 Å². The maximum absolute atomic E-state index is 12.3. The van der Waals surface area contributed by atoms with Crippen LogP contribution in [-0.2, 0) is 11.3 Å². The van der Waals surface area contributed by atoms with Crippen molar-refractivity contribution in [1.82, 2.24) is 19.5 Å². The summed E-state index contributed by atoms with van der Waals surface area (Å²) < 4.78 is 7.16. The summed E-state index contributed by atoms with van der Waals surface area (Å²) in [5.74, 6) is 0.127. The van der Waals surface area contributed by atoms with Gasteiger partial charge in [-0.2, -0.15) is 0 Å². The van der Waals surface area contributed by atoms with Gasteiger partial charge in [0.2, 0.25) is 0 Å². The molecular formula is C16H16ClN5O2. The molecule has 1 atom stereocenters. The van der Waals surface area contributed by atoms with Crippen molar-refractivity contribution >= 4 is 34.5 Å². The van der Waals surface area contributed by atoms with Crippen LogP contribution < -0.4 is 5.32 Å². The van der Waals surface area contributed by atoms with Crippen LogP contribution in [0.2, 0.25) is 0 Å². The molecule has 0 fully saturated rings. The van der Waals surface area contributed by atoms with Gasteiger partial charge in [-0.15, -0.1) is 0 Å². The van der Waals surface area contributed by atoms with E-state index in [0.29, 0.717) is 29.1 Å². The first-order valence-corrected chi connectivity index (χ1v) is 7.92. The Hall–Kier alpha value is -2.51. The average Bonchev–Trinajstić information content (AvgIpc) is 3.00. The molecule has 0 radical (unpaired) electrons. The number of hydrogen-bond acceptors (Lipinski definition) is 5. The molecule has 0 aliphatic carbocycles. The van der Waals surface area contributed by atoms with Crippen molar-refractivity contribution in [1.29, 1.82) is 0 Å². The minimum absolute atomic E-state index is 0.0859. The maximum atomic E-state index is 12.3. The molecule has 0 aliphatic rings. The van der Waals surface area contributed by atoms with Crippen LogP contribution in [0.3, 0.4) is 0 Å². The first-order valence-electron chi connectivity index (χ1n) is 7.39. The Morgan fingerprint density at radius 1 is 1.29 bits per heavy atom. The number of hydrogen-bond donors (Lipinski definition) is 1. The Balaban J connectivity index is 1.85. The molecule has 0 saturated carbocycles. The molecule has 24 heavy (non-hydrogen) atoms. The number of aromatic nitrogens is 4. The lowest BCUT2D eigenvalue weighted by molar-refractivity contribution is 0.0887. The number of benzene rings is 1. The van der Waals surface area contributed by atoms with Crippen LogP contribution in [-0.4, -0.2) is 37.6 Å². The van der Waals surface area contributed by atoms with Gasteiger partial charge in [0.05, 0.1) is 19.0 Å². The summed E-state index contributed by atoms with van der Waals surface area (Å²) in [6.07, 6.45) is 2.96. The number of anilines is 1. The molecule has 124 valence electrons. The average molecular weight is 346 g/mol. The number of rotatable bonds is 6. The van der Waals surface area contributed by atoms with Gasteiger partial charge in [-0.05, 0) is 19.1 Å². The number of amides is 1. The Morgan fingerprint density at radius 2 is 2.08 bits per heavy atom. The van der Waals surface area contributed by atoms with E-state index in [1.807, 2.05) is 17.6 Å². The summed E-state index contributed by atoms with van der Waals surface area (Å²) in [6, 6.07) is 9.05. The molecular weight excluding hydrogens is 330 g/mol. The van der Waals surface area contributed by atoms with Gasteiger partial charge in [-0.1, -0.05) is 29.8 Å². The van der Waals surface area contributed by atoms with Crippen molar-refractivity contribution in [2.24, 2.45) is 0 Å². The highest BCUT2D eigenvalue weighted by Crippen LogP contribution is 2.18. The van der Waals surface area contributed by atoms with Crippen LogP contribution in [0.1, 0.15) is 17.3 Å². The predicted molar refractivity (Wildman–Crippen MR) is 91.0 cm³/mol. The van der Waals surface area contributed by atoms with E-state index in [2.05, 4.69) is 20.3 Å². The lowest BCUT2D eigenvalue weighted by atomic mass is 10.2. The van der Waals surface area contributed by atoms with E-state index in [9.17, 15) is 4.79 Å². The minimum Gasteiger partial charge on any atom is -0.361 e. The second-order valence-corrected chi connectivity index (χ2v) is 5.42. The van der Waals surface area contributed by atoms with Crippen LogP contribution in [0, 0.1) is 0 Å². The van der Waals surface area contributed by atoms with Crippen molar-refractivity contribution in [3.8, 4) is 0 Å².